The van der Waals surface area contributed by atoms with Crippen LogP contribution in [0, 0.1) is 5.82 Å². The average molecular weight is 574 g/mol. The Labute approximate surface area is 238 Å². The highest BCUT2D eigenvalue weighted by Crippen LogP contribution is 2.39. The van der Waals surface area contributed by atoms with Crippen LogP contribution in [-0.4, -0.2) is 35.7 Å². The first-order valence-corrected chi connectivity index (χ1v) is 13.5. The zero-order chi connectivity index (χ0) is 28.7. The summed E-state index contributed by atoms with van der Waals surface area (Å²) in [5.41, 5.74) is 2.45. The van der Waals surface area contributed by atoms with Crippen LogP contribution in [0.3, 0.4) is 0 Å². The second kappa shape index (κ2) is 10.4. The van der Waals surface area contributed by atoms with E-state index in [1.54, 1.807) is 22.6 Å². The molecule has 1 aliphatic heterocycles. The van der Waals surface area contributed by atoms with Gasteiger partial charge >= 0.3 is 5.97 Å². The van der Waals surface area contributed by atoms with E-state index in [1.165, 1.54) is 28.8 Å². The number of hydrogen-bond donors (Lipinski definition) is 1. The molecule has 0 saturated carbocycles. The highest BCUT2D eigenvalue weighted by molar-refractivity contribution is 6.30. The minimum Gasteiger partial charge on any atom is -0.481 e. The van der Waals surface area contributed by atoms with Crippen molar-refractivity contribution in [3.8, 4) is 5.69 Å². The van der Waals surface area contributed by atoms with Crippen LogP contribution in [0.4, 0.5) is 4.39 Å². The Morgan fingerprint density at radius 2 is 1.93 bits per heavy atom. The quantitative estimate of drug-likeness (QED) is 0.240. The van der Waals surface area contributed by atoms with E-state index in [0.29, 0.717) is 70.3 Å². The lowest BCUT2D eigenvalue weighted by atomic mass is 9.93. The maximum atomic E-state index is 13.7. The molecule has 0 spiro atoms. The highest BCUT2D eigenvalue weighted by Gasteiger charge is 2.41. The number of aromatic nitrogens is 4. The van der Waals surface area contributed by atoms with Crippen molar-refractivity contribution in [3.63, 3.8) is 0 Å². The second-order valence-corrected chi connectivity index (χ2v) is 10.6. The molecule has 0 radical (unpaired) electrons. The first-order chi connectivity index (χ1) is 19.7. The summed E-state index contributed by atoms with van der Waals surface area (Å²) in [5.74, 6) is -0.837. The van der Waals surface area contributed by atoms with Gasteiger partial charge in [0.2, 0.25) is 0 Å². The number of aryl methyl sites for hydroxylation is 1. The van der Waals surface area contributed by atoms with Crippen molar-refractivity contribution < 1.29 is 19.1 Å². The number of aliphatic carboxylic acids is 1. The molecule has 0 aliphatic carbocycles. The smallest absolute Gasteiger partial charge is 0.303 e. The Balaban J connectivity index is 1.35. The number of benzene rings is 2. The third-order valence-electron chi connectivity index (χ3n) is 7.23. The molecule has 5 aromatic rings. The van der Waals surface area contributed by atoms with E-state index in [9.17, 15) is 14.0 Å². The monoisotopic (exact) mass is 573 g/mol. The topological polar surface area (TPSA) is 111 Å². The first-order valence-electron chi connectivity index (χ1n) is 13.2. The van der Waals surface area contributed by atoms with Gasteiger partial charge in [-0.25, -0.2) is 14.4 Å². The van der Waals surface area contributed by atoms with Crippen molar-refractivity contribution in [1.29, 1.82) is 0 Å². The van der Waals surface area contributed by atoms with Crippen molar-refractivity contribution in [1.82, 2.24) is 18.9 Å². The maximum Gasteiger partial charge on any atom is 0.303 e. The fourth-order valence-electron chi connectivity index (χ4n) is 5.12. The number of hydrogen-bond acceptors (Lipinski definition) is 6. The molecule has 11 heteroatoms. The van der Waals surface area contributed by atoms with Crippen LogP contribution in [0.15, 0.2) is 76.8 Å². The van der Waals surface area contributed by atoms with E-state index in [4.69, 9.17) is 26.5 Å². The molecule has 1 N–H and O–H groups in total. The Hall–Kier alpha value is -4.57. The van der Waals surface area contributed by atoms with Gasteiger partial charge in [0.1, 0.15) is 28.1 Å². The minimum absolute atomic E-state index is 0.0213. The number of unbranched alkanes of at least 4 members (excludes halogenated alkanes) is 1. The standard InChI is InChI=1S/C30H25ClFN5O4/c1-30(27-28(31)36-15-5-4-6-24(36)34-27)17-23(35-41-30)18-9-14-21-22(16-18)33-25(7-2-3-8-26(38)39)37(29(21)40)20-12-10-19(32)11-13-20/h4-6,9-16H,2-3,7-8,17H2,1H3,(H,38,39)/t30-/m1/s1. The molecule has 9 nitrogen and oxygen atoms in total. The van der Waals surface area contributed by atoms with Gasteiger partial charge in [-0.2, -0.15) is 0 Å². The fraction of sp³-hybridized carbons (Fsp3) is 0.233. The number of oxime groups is 1. The predicted molar refractivity (Wildman–Crippen MR) is 152 cm³/mol. The molecule has 1 atom stereocenters. The zero-order valence-electron chi connectivity index (χ0n) is 22.1. The number of carboxylic acids is 1. The molecule has 6 rings (SSSR count). The van der Waals surface area contributed by atoms with E-state index < -0.39 is 17.4 Å². The van der Waals surface area contributed by atoms with Gasteiger partial charge in [-0.15, -0.1) is 0 Å². The minimum atomic E-state index is -0.887. The molecule has 1 aliphatic rings. The van der Waals surface area contributed by atoms with Crippen LogP contribution in [-0.2, 0) is 21.7 Å². The Kier molecular flexibility index (Phi) is 6.78. The molecule has 0 unspecified atom stereocenters. The number of carboxylic acid groups (broad SMARTS) is 1. The summed E-state index contributed by atoms with van der Waals surface area (Å²) in [4.78, 5) is 40.0. The normalized spacial score (nSPS) is 16.7. The largest absolute Gasteiger partial charge is 0.481 e. The SMILES string of the molecule is C[C@]1(c2nc3ccccn3c2Cl)CC(c2ccc3c(=O)n(-c4ccc(F)cc4)c(CCCCC(=O)O)nc3c2)=NO1. The first kappa shape index (κ1) is 26.6. The molecule has 4 heterocycles. The van der Waals surface area contributed by atoms with Crippen LogP contribution >= 0.6 is 11.6 Å². The summed E-state index contributed by atoms with van der Waals surface area (Å²) in [6, 6.07) is 16.5. The third kappa shape index (κ3) is 4.95. The zero-order valence-corrected chi connectivity index (χ0v) is 22.8. The summed E-state index contributed by atoms with van der Waals surface area (Å²) in [7, 11) is 0. The van der Waals surface area contributed by atoms with Crippen molar-refractivity contribution in [2.45, 2.75) is 44.6 Å². The molecule has 0 amide bonds. The maximum absolute atomic E-state index is 13.7. The van der Waals surface area contributed by atoms with Gasteiger partial charge in [0.25, 0.3) is 5.56 Å². The predicted octanol–water partition coefficient (Wildman–Crippen LogP) is 5.66. The summed E-state index contributed by atoms with van der Waals surface area (Å²) in [6.45, 7) is 1.88. The number of carbonyl (C=O) groups is 1. The number of nitrogens with zero attached hydrogens (tertiary/aromatic N) is 5. The molecule has 2 aromatic carbocycles. The van der Waals surface area contributed by atoms with E-state index in [1.807, 2.05) is 31.3 Å². The van der Waals surface area contributed by atoms with Crippen molar-refractivity contribution in [2.24, 2.45) is 5.16 Å². The van der Waals surface area contributed by atoms with Crippen LogP contribution in [0.25, 0.3) is 22.2 Å². The molecular formula is C30H25ClFN5O4. The van der Waals surface area contributed by atoms with Gasteiger partial charge in [0, 0.05) is 31.0 Å². The van der Waals surface area contributed by atoms with Gasteiger partial charge in [-0.1, -0.05) is 28.9 Å². The van der Waals surface area contributed by atoms with Crippen molar-refractivity contribution >= 4 is 39.8 Å². The van der Waals surface area contributed by atoms with Crippen molar-refractivity contribution in [2.75, 3.05) is 0 Å². The third-order valence-corrected chi connectivity index (χ3v) is 7.59. The number of halogens is 2. The summed E-state index contributed by atoms with van der Waals surface area (Å²) < 4.78 is 16.9. The summed E-state index contributed by atoms with van der Waals surface area (Å²) >= 11 is 6.65. The Morgan fingerprint density at radius 3 is 2.68 bits per heavy atom. The van der Waals surface area contributed by atoms with E-state index in [2.05, 4.69) is 10.1 Å². The molecule has 41 heavy (non-hydrogen) atoms. The molecule has 3 aromatic heterocycles. The van der Waals surface area contributed by atoms with Gasteiger partial charge in [-0.05, 0) is 68.3 Å². The summed E-state index contributed by atoms with van der Waals surface area (Å²) in [6.07, 6.45) is 3.58. The summed E-state index contributed by atoms with van der Waals surface area (Å²) in [5, 5.41) is 14.2. The van der Waals surface area contributed by atoms with Gasteiger partial charge in [0.15, 0.2) is 5.60 Å². The van der Waals surface area contributed by atoms with Crippen LogP contribution in [0.2, 0.25) is 5.15 Å². The van der Waals surface area contributed by atoms with Crippen LogP contribution in [0.5, 0.6) is 0 Å². The lowest BCUT2D eigenvalue weighted by Crippen LogP contribution is -2.24. The van der Waals surface area contributed by atoms with Gasteiger partial charge < -0.3 is 9.94 Å². The Morgan fingerprint density at radius 1 is 1.12 bits per heavy atom. The molecule has 0 fully saturated rings. The molecule has 0 saturated heterocycles. The van der Waals surface area contributed by atoms with E-state index in [0.717, 1.165) is 5.56 Å². The van der Waals surface area contributed by atoms with Gasteiger partial charge in [0.05, 0.1) is 22.3 Å². The average Bonchev–Trinajstić information content (AvgIpc) is 3.53. The molecule has 208 valence electrons. The number of pyridine rings is 1. The number of fused-ring (bicyclic) bond motifs is 2. The van der Waals surface area contributed by atoms with E-state index in [-0.39, 0.29) is 12.0 Å². The number of rotatable bonds is 8. The van der Waals surface area contributed by atoms with Crippen LogP contribution in [0.1, 0.15) is 49.7 Å². The fourth-order valence-corrected chi connectivity index (χ4v) is 5.50. The number of imidazole rings is 1. The second-order valence-electron chi connectivity index (χ2n) is 10.2. The lowest BCUT2D eigenvalue weighted by Gasteiger charge is -2.19. The van der Waals surface area contributed by atoms with Crippen LogP contribution < -0.4 is 5.56 Å². The van der Waals surface area contributed by atoms with E-state index >= 15 is 0 Å². The molecular weight excluding hydrogens is 549 g/mol. The molecule has 0 bridgehead atoms. The Bertz CT molecular complexity index is 1900. The van der Waals surface area contributed by atoms with Gasteiger partial charge in [-0.3, -0.25) is 18.6 Å². The lowest BCUT2D eigenvalue weighted by molar-refractivity contribution is -0.137. The van der Waals surface area contributed by atoms with Crippen molar-refractivity contribution in [3.05, 3.63) is 105 Å². The highest BCUT2D eigenvalue weighted by atomic mass is 35.5.